The molecular formula is C30H42Cl2F6N2O4. The van der Waals surface area contributed by atoms with Gasteiger partial charge in [-0.2, -0.15) is 26.3 Å². The number of alkyl halides is 6. The Hall–Kier alpha value is -1.93. The summed E-state index contributed by atoms with van der Waals surface area (Å²) in [6.45, 7) is 2.70. The molecule has 2 aromatic carbocycles. The molecule has 0 saturated carbocycles. The molecule has 1 atom stereocenters. The van der Waals surface area contributed by atoms with Gasteiger partial charge in [-0.3, -0.25) is 4.79 Å². The van der Waals surface area contributed by atoms with Crippen molar-refractivity contribution in [2.45, 2.75) is 70.1 Å². The first-order valence-corrected chi connectivity index (χ1v) is 13.5. The van der Waals surface area contributed by atoms with Crippen molar-refractivity contribution in [3.63, 3.8) is 0 Å². The third-order valence-corrected chi connectivity index (χ3v) is 6.90. The second-order valence-corrected chi connectivity index (χ2v) is 10.2. The minimum absolute atomic E-state index is 0. The molecule has 44 heavy (non-hydrogen) atoms. The maximum atomic E-state index is 13.1. The van der Waals surface area contributed by atoms with Crippen LogP contribution in [0.3, 0.4) is 0 Å². The molecule has 0 amide bonds. The molecule has 2 fully saturated rings. The lowest BCUT2D eigenvalue weighted by molar-refractivity contribution is -0.143. The third-order valence-electron chi connectivity index (χ3n) is 6.90. The SMILES string of the molecule is C.Cl.Cl.NC(CCNC1CCOCC1)(COCc1cc(C(F)(F)F)cc(C(F)(F)F)c1)c1ccccc1.O=C1CCOCC1. The van der Waals surface area contributed by atoms with Crippen LogP contribution < -0.4 is 11.1 Å². The van der Waals surface area contributed by atoms with E-state index in [2.05, 4.69) is 5.32 Å². The monoisotopic (exact) mass is 678 g/mol. The van der Waals surface area contributed by atoms with Crippen LogP contribution in [-0.2, 0) is 43.5 Å². The van der Waals surface area contributed by atoms with Gasteiger partial charge >= 0.3 is 12.4 Å². The zero-order valence-electron chi connectivity index (χ0n) is 23.5. The fourth-order valence-electron chi connectivity index (χ4n) is 4.52. The fourth-order valence-corrected chi connectivity index (χ4v) is 4.52. The summed E-state index contributed by atoms with van der Waals surface area (Å²) in [4.78, 5) is 10.4. The highest BCUT2D eigenvalue weighted by Crippen LogP contribution is 2.36. The molecule has 3 N–H and O–H groups in total. The first-order chi connectivity index (χ1) is 19.4. The van der Waals surface area contributed by atoms with Gasteiger partial charge in [-0.25, -0.2) is 0 Å². The van der Waals surface area contributed by atoms with Crippen LogP contribution in [0.4, 0.5) is 26.3 Å². The Bertz CT molecular complexity index is 1060. The summed E-state index contributed by atoms with van der Waals surface area (Å²) in [6.07, 6.45) is -6.33. The number of nitrogens with two attached hydrogens (primary N) is 1. The molecule has 2 saturated heterocycles. The van der Waals surface area contributed by atoms with E-state index in [1.807, 2.05) is 30.3 Å². The first kappa shape index (κ1) is 42.1. The van der Waals surface area contributed by atoms with E-state index >= 15 is 0 Å². The van der Waals surface area contributed by atoms with Crippen LogP contribution in [0.2, 0.25) is 0 Å². The predicted molar refractivity (Wildman–Crippen MR) is 161 cm³/mol. The normalized spacial score (nSPS) is 17.1. The van der Waals surface area contributed by atoms with Crippen LogP contribution in [-0.4, -0.2) is 51.4 Å². The van der Waals surface area contributed by atoms with Crippen molar-refractivity contribution < 1.29 is 45.3 Å². The summed E-state index contributed by atoms with van der Waals surface area (Å²) in [7, 11) is 0. The van der Waals surface area contributed by atoms with E-state index in [9.17, 15) is 31.1 Å². The summed E-state index contributed by atoms with van der Waals surface area (Å²) in [5, 5.41) is 3.44. The van der Waals surface area contributed by atoms with Gasteiger partial charge in [-0.1, -0.05) is 37.8 Å². The van der Waals surface area contributed by atoms with E-state index in [0.717, 1.165) is 18.4 Å². The van der Waals surface area contributed by atoms with Crippen LogP contribution in [0.25, 0.3) is 0 Å². The molecule has 0 aliphatic carbocycles. The fraction of sp³-hybridized carbons (Fsp3) is 0.567. The number of benzene rings is 2. The highest BCUT2D eigenvalue weighted by molar-refractivity contribution is 5.85. The van der Waals surface area contributed by atoms with Gasteiger partial charge in [-0.05, 0) is 55.1 Å². The van der Waals surface area contributed by atoms with Crippen molar-refractivity contribution in [3.05, 3.63) is 70.8 Å². The number of Topliss-reactive ketones (excluding diaryl/α,β-unsaturated/α-hetero) is 1. The molecule has 2 aliphatic rings. The van der Waals surface area contributed by atoms with Crippen LogP contribution in [0.15, 0.2) is 48.5 Å². The summed E-state index contributed by atoms with van der Waals surface area (Å²) in [5.74, 6) is 0.339. The van der Waals surface area contributed by atoms with Crippen molar-refractivity contribution in [1.29, 1.82) is 0 Å². The van der Waals surface area contributed by atoms with E-state index in [1.165, 1.54) is 0 Å². The van der Waals surface area contributed by atoms with Gasteiger partial charge in [0.25, 0.3) is 0 Å². The Morgan fingerprint density at radius 3 is 1.82 bits per heavy atom. The Kier molecular flexibility index (Phi) is 18.7. The van der Waals surface area contributed by atoms with E-state index < -0.39 is 35.6 Å². The molecule has 0 radical (unpaired) electrons. The number of hydrogen-bond acceptors (Lipinski definition) is 6. The summed E-state index contributed by atoms with van der Waals surface area (Å²) < 4.78 is 94.6. The number of ether oxygens (including phenoxy) is 3. The summed E-state index contributed by atoms with van der Waals surface area (Å²) in [6, 6.07) is 10.8. The number of carbonyl (C=O) groups is 1. The van der Waals surface area contributed by atoms with Gasteiger partial charge in [0.05, 0.1) is 43.1 Å². The molecule has 2 aliphatic heterocycles. The van der Waals surface area contributed by atoms with Gasteiger partial charge in [0.15, 0.2) is 0 Å². The number of carbonyl (C=O) groups excluding carboxylic acids is 1. The molecule has 252 valence electrons. The molecule has 2 heterocycles. The van der Waals surface area contributed by atoms with Gasteiger partial charge < -0.3 is 25.3 Å². The van der Waals surface area contributed by atoms with E-state index in [1.54, 1.807) is 0 Å². The molecule has 4 rings (SSSR count). The van der Waals surface area contributed by atoms with E-state index in [0.29, 0.717) is 76.2 Å². The number of hydrogen-bond donors (Lipinski definition) is 2. The van der Waals surface area contributed by atoms with Gasteiger partial charge in [0, 0.05) is 32.1 Å². The maximum absolute atomic E-state index is 13.1. The standard InChI is InChI=1S/C24H28F6N2O2.C5H8O2.CH4.2ClH/c25-23(26,27)19-12-17(13-20(14-19)24(28,29)30)15-34-16-22(31,18-4-2-1-3-5-18)8-9-32-21-6-10-33-11-7-21;6-5-1-3-7-4-2-5;;;/h1-5,12-14,21,32H,6-11,15-16,31H2;1-4H2;1H4;2*1H. The zero-order chi connectivity index (χ0) is 29.9. The molecule has 6 nitrogen and oxygen atoms in total. The molecule has 1 unspecified atom stereocenters. The topological polar surface area (TPSA) is 82.8 Å². The lowest BCUT2D eigenvalue weighted by atomic mass is 9.88. The molecular weight excluding hydrogens is 637 g/mol. The minimum Gasteiger partial charge on any atom is -0.381 e. The van der Waals surface area contributed by atoms with Gasteiger partial charge in [0.2, 0.25) is 0 Å². The predicted octanol–water partition coefficient (Wildman–Crippen LogP) is 7.10. The molecule has 0 bridgehead atoms. The van der Waals surface area contributed by atoms with Gasteiger partial charge in [-0.15, -0.1) is 24.8 Å². The highest BCUT2D eigenvalue weighted by Gasteiger charge is 2.37. The second kappa shape index (κ2) is 19.6. The smallest absolute Gasteiger partial charge is 0.381 e. The van der Waals surface area contributed by atoms with Crippen molar-refractivity contribution >= 4 is 30.6 Å². The molecule has 2 aromatic rings. The zero-order valence-corrected chi connectivity index (χ0v) is 25.1. The Morgan fingerprint density at radius 2 is 1.34 bits per heavy atom. The maximum Gasteiger partial charge on any atom is 0.416 e. The lowest BCUT2D eigenvalue weighted by Gasteiger charge is -2.32. The Labute approximate surface area is 267 Å². The first-order valence-electron chi connectivity index (χ1n) is 13.5. The largest absolute Gasteiger partial charge is 0.416 e. The van der Waals surface area contributed by atoms with E-state index in [-0.39, 0.29) is 50.5 Å². The van der Waals surface area contributed by atoms with Crippen molar-refractivity contribution in [2.75, 3.05) is 39.6 Å². The number of rotatable bonds is 9. The highest BCUT2D eigenvalue weighted by atomic mass is 35.5. The summed E-state index contributed by atoms with van der Waals surface area (Å²) >= 11 is 0. The van der Waals surface area contributed by atoms with Crippen LogP contribution in [0.1, 0.15) is 61.8 Å². The molecule has 0 aromatic heterocycles. The Balaban J connectivity index is 0.00000163. The van der Waals surface area contributed by atoms with Gasteiger partial charge in [0.1, 0.15) is 5.78 Å². The van der Waals surface area contributed by atoms with E-state index in [4.69, 9.17) is 19.9 Å². The molecule has 0 spiro atoms. The second-order valence-electron chi connectivity index (χ2n) is 10.2. The number of nitrogens with one attached hydrogen (secondary N) is 1. The quantitative estimate of drug-likeness (QED) is 0.276. The Morgan fingerprint density at radius 1 is 0.818 bits per heavy atom. The minimum atomic E-state index is -4.91. The van der Waals surface area contributed by atoms with Crippen molar-refractivity contribution in [3.8, 4) is 0 Å². The third kappa shape index (κ3) is 14.0. The average molecular weight is 680 g/mol. The average Bonchev–Trinajstić information content (AvgIpc) is 2.94. The van der Waals surface area contributed by atoms with Crippen LogP contribution >= 0.6 is 24.8 Å². The number of halogens is 8. The number of ketones is 1. The van der Waals surface area contributed by atoms with Crippen LogP contribution in [0, 0.1) is 0 Å². The lowest BCUT2D eigenvalue weighted by Crippen LogP contribution is -2.45. The van der Waals surface area contributed by atoms with Crippen molar-refractivity contribution in [2.24, 2.45) is 5.73 Å². The van der Waals surface area contributed by atoms with Crippen LogP contribution in [0.5, 0.6) is 0 Å². The summed E-state index contributed by atoms with van der Waals surface area (Å²) in [5.41, 5.74) is 3.47. The van der Waals surface area contributed by atoms with Crippen molar-refractivity contribution in [1.82, 2.24) is 5.32 Å². The molecule has 14 heteroatoms.